The molecule has 0 aliphatic carbocycles. The molecule has 2 saturated heterocycles. The number of carboxylic acids is 1. The number of hydrogen-bond acceptors (Lipinski definition) is 4. The number of amides is 1. The predicted molar refractivity (Wildman–Crippen MR) is 88.8 cm³/mol. The average molecular weight is 368 g/mol. The Kier molecular flexibility index (Phi) is 5.13. The molecule has 1 N–H and O–H groups in total. The number of carbonyl (C=O) groups is 2. The van der Waals surface area contributed by atoms with E-state index in [9.17, 15) is 23.5 Å². The second kappa shape index (κ2) is 7.19. The third-order valence-electron chi connectivity index (χ3n) is 5.64. The number of ether oxygens (including phenoxy) is 1. The molecule has 0 radical (unpaired) electrons. The minimum absolute atomic E-state index is 0.0669. The summed E-state index contributed by atoms with van der Waals surface area (Å²) in [4.78, 5) is 27.4. The maximum Gasteiger partial charge on any atom is 0.387 e. The van der Waals surface area contributed by atoms with Crippen molar-refractivity contribution >= 4 is 11.9 Å². The summed E-state index contributed by atoms with van der Waals surface area (Å²) in [7, 11) is 1.70. The van der Waals surface area contributed by atoms with Gasteiger partial charge in [-0.2, -0.15) is 8.78 Å². The first-order valence-electron chi connectivity index (χ1n) is 8.57. The van der Waals surface area contributed by atoms with Crippen molar-refractivity contribution in [1.29, 1.82) is 0 Å². The average Bonchev–Trinajstić information content (AvgIpc) is 2.84. The van der Waals surface area contributed by atoms with Gasteiger partial charge in [-0.3, -0.25) is 14.5 Å². The number of aliphatic carboxylic acids is 1. The summed E-state index contributed by atoms with van der Waals surface area (Å²) in [5.41, 5.74) is 0.363. The number of rotatable bonds is 5. The number of benzene rings is 1. The maximum atomic E-state index is 12.2. The van der Waals surface area contributed by atoms with Crippen LogP contribution in [0.5, 0.6) is 5.75 Å². The van der Waals surface area contributed by atoms with Crippen LogP contribution in [0.3, 0.4) is 0 Å². The van der Waals surface area contributed by atoms with Crippen molar-refractivity contribution in [3.8, 4) is 5.75 Å². The third kappa shape index (κ3) is 3.51. The number of piperidine rings is 1. The highest BCUT2D eigenvalue weighted by Crippen LogP contribution is 2.43. The molecule has 6 nitrogen and oxygen atoms in total. The molecule has 2 aliphatic rings. The molecular formula is C18H22F2N2O4. The fraction of sp³-hybridized carbons (Fsp3) is 0.556. The Hall–Kier alpha value is -2.22. The van der Waals surface area contributed by atoms with Gasteiger partial charge in [0.2, 0.25) is 5.91 Å². The zero-order valence-corrected chi connectivity index (χ0v) is 14.5. The smallest absolute Gasteiger partial charge is 0.387 e. The second-order valence-corrected chi connectivity index (χ2v) is 6.95. The van der Waals surface area contributed by atoms with Crippen LogP contribution < -0.4 is 4.74 Å². The van der Waals surface area contributed by atoms with Gasteiger partial charge in [0.05, 0.1) is 11.5 Å². The van der Waals surface area contributed by atoms with E-state index in [0.29, 0.717) is 32.5 Å². The van der Waals surface area contributed by atoms with Gasteiger partial charge in [0.25, 0.3) is 0 Å². The van der Waals surface area contributed by atoms with Gasteiger partial charge in [0.15, 0.2) is 0 Å². The van der Waals surface area contributed by atoms with E-state index in [2.05, 4.69) is 9.64 Å². The van der Waals surface area contributed by atoms with Crippen molar-refractivity contribution in [1.82, 2.24) is 9.80 Å². The Bertz CT molecular complexity index is 672. The lowest BCUT2D eigenvalue weighted by molar-refractivity contribution is -0.146. The number of halogens is 2. The van der Waals surface area contributed by atoms with E-state index in [1.165, 1.54) is 12.1 Å². The molecule has 0 bridgehead atoms. The van der Waals surface area contributed by atoms with Crippen molar-refractivity contribution in [3.63, 3.8) is 0 Å². The van der Waals surface area contributed by atoms with Crippen molar-refractivity contribution in [2.24, 2.45) is 5.92 Å². The van der Waals surface area contributed by atoms with Crippen molar-refractivity contribution in [3.05, 3.63) is 29.8 Å². The Morgan fingerprint density at radius 3 is 2.46 bits per heavy atom. The molecule has 2 fully saturated rings. The molecule has 26 heavy (non-hydrogen) atoms. The molecule has 1 aromatic rings. The molecule has 1 amide bonds. The lowest BCUT2D eigenvalue weighted by Crippen LogP contribution is -2.55. The maximum absolute atomic E-state index is 12.2. The van der Waals surface area contributed by atoms with Gasteiger partial charge in [-0.05, 0) is 30.5 Å². The van der Waals surface area contributed by atoms with Crippen LogP contribution in [-0.4, -0.2) is 59.1 Å². The van der Waals surface area contributed by atoms with Crippen molar-refractivity contribution in [2.45, 2.75) is 38.0 Å². The summed E-state index contributed by atoms with van der Waals surface area (Å²) in [6, 6.07) is 6.51. The zero-order chi connectivity index (χ0) is 18.9. The summed E-state index contributed by atoms with van der Waals surface area (Å²) >= 11 is 0. The number of hydrogen-bond donors (Lipinski definition) is 1. The van der Waals surface area contributed by atoms with E-state index in [4.69, 9.17) is 0 Å². The van der Waals surface area contributed by atoms with Crippen LogP contribution in [0.1, 0.15) is 24.8 Å². The standard InChI is InChI=1S/C18H22F2N2O4/c1-21-15(23)10-14(16(24)25)18(21)6-8-22(9-7-18)11-12-2-4-13(5-3-12)26-17(19)20/h2-5,14,17H,6-11H2,1H3,(H,24,25)/t14-/m1/s1. The summed E-state index contributed by atoms with van der Waals surface area (Å²) < 4.78 is 28.7. The number of likely N-dealkylation sites (tertiary alicyclic amines) is 2. The molecule has 0 aromatic heterocycles. The van der Waals surface area contributed by atoms with Crippen LogP contribution in [0.4, 0.5) is 8.78 Å². The molecule has 0 unspecified atom stereocenters. The van der Waals surface area contributed by atoms with Crippen LogP contribution in [0, 0.1) is 5.92 Å². The van der Waals surface area contributed by atoms with E-state index in [0.717, 1.165) is 5.56 Å². The van der Waals surface area contributed by atoms with Gasteiger partial charge in [-0.1, -0.05) is 12.1 Å². The van der Waals surface area contributed by atoms with Crippen LogP contribution in [0.2, 0.25) is 0 Å². The first-order chi connectivity index (χ1) is 12.3. The molecule has 0 saturated carbocycles. The summed E-state index contributed by atoms with van der Waals surface area (Å²) in [6.07, 6.45) is 1.29. The topological polar surface area (TPSA) is 70.1 Å². The van der Waals surface area contributed by atoms with E-state index in [-0.39, 0.29) is 18.1 Å². The normalized spacial score (nSPS) is 23.0. The molecule has 1 spiro atoms. The molecular weight excluding hydrogens is 346 g/mol. The monoisotopic (exact) mass is 368 g/mol. The summed E-state index contributed by atoms with van der Waals surface area (Å²) in [5.74, 6) is -1.56. The van der Waals surface area contributed by atoms with Crippen molar-refractivity contribution < 1.29 is 28.2 Å². The van der Waals surface area contributed by atoms with Crippen LogP contribution in [0.25, 0.3) is 0 Å². The molecule has 142 valence electrons. The number of nitrogens with zero attached hydrogens (tertiary/aromatic N) is 2. The highest BCUT2D eigenvalue weighted by atomic mass is 19.3. The Morgan fingerprint density at radius 1 is 1.31 bits per heavy atom. The highest BCUT2D eigenvalue weighted by Gasteiger charge is 2.55. The third-order valence-corrected chi connectivity index (χ3v) is 5.64. The van der Waals surface area contributed by atoms with Gasteiger partial charge in [0, 0.05) is 33.1 Å². The number of carboxylic acid groups (broad SMARTS) is 1. The number of carbonyl (C=O) groups excluding carboxylic acids is 1. The Labute approximate surface area is 150 Å². The van der Waals surface area contributed by atoms with E-state index in [1.807, 2.05) is 0 Å². The molecule has 2 heterocycles. The highest BCUT2D eigenvalue weighted by molar-refractivity contribution is 5.88. The van der Waals surface area contributed by atoms with Gasteiger partial charge >= 0.3 is 12.6 Å². The van der Waals surface area contributed by atoms with Crippen LogP contribution in [0.15, 0.2) is 24.3 Å². The predicted octanol–water partition coefficient (Wildman–Crippen LogP) is 2.19. The molecule has 2 aliphatic heterocycles. The minimum Gasteiger partial charge on any atom is -0.481 e. The van der Waals surface area contributed by atoms with E-state index >= 15 is 0 Å². The molecule has 1 aromatic carbocycles. The number of alkyl halides is 2. The fourth-order valence-corrected chi connectivity index (χ4v) is 4.12. The van der Waals surface area contributed by atoms with Crippen LogP contribution >= 0.6 is 0 Å². The SMILES string of the molecule is CN1C(=O)C[C@H](C(=O)O)C12CCN(Cc1ccc(OC(F)F)cc1)CC2. The summed E-state index contributed by atoms with van der Waals surface area (Å²) in [6.45, 7) is -0.846. The Morgan fingerprint density at radius 2 is 1.92 bits per heavy atom. The fourth-order valence-electron chi connectivity index (χ4n) is 4.12. The van der Waals surface area contributed by atoms with Gasteiger partial charge in [-0.25, -0.2) is 0 Å². The van der Waals surface area contributed by atoms with E-state index < -0.39 is 24.0 Å². The van der Waals surface area contributed by atoms with E-state index in [1.54, 1.807) is 24.1 Å². The first kappa shape index (κ1) is 18.6. The zero-order valence-electron chi connectivity index (χ0n) is 14.5. The second-order valence-electron chi connectivity index (χ2n) is 6.95. The first-order valence-corrected chi connectivity index (χ1v) is 8.57. The minimum atomic E-state index is -2.84. The summed E-state index contributed by atoms with van der Waals surface area (Å²) in [5, 5.41) is 9.50. The lowest BCUT2D eigenvalue weighted by Gasteiger charge is -2.45. The van der Waals surface area contributed by atoms with Crippen LogP contribution in [-0.2, 0) is 16.1 Å². The molecule has 1 atom stereocenters. The Balaban J connectivity index is 1.61. The lowest BCUT2D eigenvalue weighted by atomic mass is 9.77. The van der Waals surface area contributed by atoms with Gasteiger partial charge < -0.3 is 14.7 Å². The largest absolute Gasteiger partial charge is 0.481 e. The van der Waals surface area contributed by atoms with Gasteiger partial charge in [-0.15, -0.1) is 0 Å². The molecule has 3 rings (SSSR count). The molecule has 8 heteroatoms. The van der Waals surface area contributed by atoms with Crippen molar-refractivity contribution in [2.75, 3.05) is 20.1 Å². The van der Waals surface area contributed by atoms with Gasteiger partial charge in [0.1, 0.15) is 5.75 Å². The quantitative estimate of drug-likeness (QED) is 0.863.